The van der Waals surface area contributed by atoms with Crippen molar-refractivity contribution in [1.82, 2.24) is 10.2 Å². The molecule has 0 aliphatic carbocycles. The Hall–Kier alpha value is -1.16. The second-order valence-corrected chi connectivity index (χ2v) is 6.98. The molecule has 1 aliphatic heterocycles. The molecule has 4 nitrogen and oxygen atoms in total. The lowest BCUT2D eigenvalue weighted by Gasteiger charge is -2.38. The van der Waals surface area contributed by atoms with Crippen molar-refractivity contribution < 1.29 is 5.11 Å². The van der Waals surface area contributed by atoms with Crippen molar-refractivity contribution in [1.29, 1.82) is 0 Å². The molecule has 0 unspecified atom stereocenters. The van der Waals surface area contributed by atoms with Gasteiger partial charge in [-0.2, -0.15) is 5.10 Å². The topological polar surface area (TPSA) is 49.2 Å². The maximum Gasteiger partial charge on any atom is 0.151 e. The van der Waals surface area contributed by atoms with E-state index in [0.29, 0.717) is 0 Å². The van der Waals surface area contributed by atoms with Gasteiger partial charge in [0, 0.05) is 25.1 Å². The van der Waals surface area contributed by atoms with Crippen LogP contribution in [-0.2, 0) is 5.41 Å². The Kier molecular flexibility index (Phi) is 3.81. The van der Waals surface area contributed by atoms with Gasteiger partial charge in [-0.1, -0.05) is 27.7 Å². The van der Waals surface area contributed by atoms with Crippen molar-refractivity contribution in [2.75, 3.05) is 24.6 Å². The van der Waals surface area contributed by atoms with Crippen LogP contribution >= 0.6 is 0 Å². The van der Waals surface area contributed by atoms with Crippen LogP contribution < -0.4 is 4.90 Å². The highest BCUT2D eigenvalue weighted by Crippen LogP contribution is 2.31. The molecule has 19 heavy (non-hydrogen) atoms. The number of anilines is 1. The Labute approximate surface area is 115 Å². The van der Waals surface area contributed by atoms with Gasteiger partial charge in [0.2, 0.25) is 0 Å². The first-order chi connectivity index (χ1) is 8.84. The predicted octanol–water partition coefficient (Wildman–Crippen LogP) is 2.37. The van der Waals surface area contributed by atoms with Crippen LogP contribution in [0, 0.1) is 5.41 Å². The second kappa shape index (κ2) is 5.08. The summed E-state index contributed by atoms with van der Waals surface area (Å²) in [5.41, 5.74) is 1.14. The summed E-state index contributed by atoms with van der Waals surface area (Å²) in [4.78, 5) is 2.26. The molecule has 0 radical (unpaired) electrons. The van der Waals surface area contributed by atoms with E-state index < -0.39 is 0 Å². The van der Waals surface area contributed by atoms with Crippen molar-refractivity contribution in [3.8, 4) is 0 Å². The van der Waals surface area contributed by atoms with Crippen LogP contribution in [0.1, 0.15) is 46.2 Å². The highest BCUT2D eigenvalue weighted by atomic mass is 16.3. The fourth-order valence-electron chi connectivity index (χ4n) is 2.33. The molecule has 1 aromatic heterocycles. The van der Waals surface area contributed by atoms with Gasteiger partial charge in [0.05, 0.1) is 5.69 Å². The summed E-state index contributed by atoms with van der Waals surface area (Å²) in [5, 5.41) is 18.1. The lowest BCUT2D eigenvalue weighted by Crippen LogP contribution is -2.40. The Balaban J connectivity index is 2.04. The molecule has 0 atom stereocenters. The van der Waals surface area contributed by atoms with Gasteiger partial charge in [-0.3, -0.25) is 0 Å². The van der Waals surface area contributed by atoms with Gasteiger partial charge in [0.15, 0.2) is 5.82 Å². The number of hydrogen-bond acceptors (Lipinski definition) is 4. The smallest absolute Gasteiger partial charge is 0.151 e. The van der Waals surface area contributed by atoms with Crippen molar-refractivity contribution in [2.24, 2.45) is 5.41 Å². The van der Waals surface area contributed by atoms with Gasteiger partial charge >= 0.3 is 0 Å². The summed E-state index contributed by atoms with van der Waals surface area (Å²) in [6.07, 6.45) is 2.01. The fraction of sp³-hybridized carbons (Fsp3) is 0.733. The van der Waals surface area contributed by atoms with E-state index in [4.69, 9.17) is 0 Å². The van der Waals surface area contributed by atoms with Crippen LogP contribution in [0.15, 0.2) is 12.1 Å². The van der Waals surface area contributed by atoms with Gasteiger partial charge < -0.3 is 10.0 Å². The molecule has 0 amide bonds. The summed E-state index contributed by atoms with van der Waals surface area (Å²) in [5.74, 6) is 0.952. The van der Waals surface area contributed by atoms with Gasteiger partial charge in [-0.25, -0.2) is 0 Å². The lowest BCUT2D eigenvalue weighted by molar-refractivity contribution is 0.114. The number of aliphatic hydroxyl groups excluding tert-OH is 1. The third kappa shape index (κ3) is 3.24. The van der Waals surface area contributed by atoms with Crippen LogP contribution in [-0.4, -0.2) is 35.0 Å². The minimum atomic E-state index is 0.0445. The molecule has 1 aliphatic rings. The normalized spacial score (nSPS) is 19.5. The van der Waals surface area contributed by atoms with Gasteiger partial charge in [0.1, 0.15) is 0 Å². The lowest BCUT2D eigenvalue weighted by atomic mass is 9.81. The minimum Gasteiger partial charge on any atom is -0.396 e. The first-order valence-electron chi connectivity index (χ1n) is 7.04. The highest BCUT2D eigenvalue weighted by molar-refractivity contribution is 5.38. The van der Waals surface area contributed by atoms with Crippen molar-refractivity contribution in [3.05, 3.63) is 17.8 Å². The second-order valence-electron chi connectivity index (χ2n) is 6.98. The maximum absolute atomic E-state index is 9.39. The number of aromatic nitrogens is 2. The fourth-order valence-corrected chi connectivity index (χ4v) is 2.33. The number of nitrogens with zero attached hydrogens (tertiary/aromatic N) is 3. The molecule has 4 heteroatoms. The molecule has 106 valence electrons. The predicted molar refractivity (Wildman–Crippen MR) is 77.4 cm³/mol. The standard InChI is InChI=1S/C15H25N3O/c1-14(2,3)12-5-6-13(17-16-12)18-9-7-15(4,11-19)8-10-18/h5-6,19H,7-11H2,1-4H3. The van der Waals surface area contributed by atoms with E-state index >= 15 is 0 Å². The zero-order valence-electron chi connectivity index (χ0n) is 12.5. The summed E-state index contributed by atoms with van der Waals surface area (Å²) >= 11 is 0. The Morgan fingerprint density at radius 2 is 1.84 bits per heavy atom. The van der Waals surface area contributed by atoms with Crippen LogP contribution in [0.4, 0.5) is 5.82 Å². The number of piperidine rings is 1. The molecule has 0 saturated carbocycles. The van der Waals surface area contributed by atoms with Crippen LogP contribution in [0.2, 0.25) is 0 Å². The maximum atomic E-state index is 9.39. The zero-order chi connectivity index (χ0) is 14.1. The van der Waals surface area contributed by atoms with E-state index in [9.17, 15) is 5.11 Å². The molecular weight excluding hydrogens is 238 g/mol. The van der Waals surface area contributed by atoms with E-state index in [1.54, 1.807) is 0 Å². The van der Waals surface area contributed by atoms with Crippen LogP contribution in [0.25, 0.3) is 0 Å². The summed E-state index contributed by atoms with van der Waals surface area (Å²) in [7, 11) is 0. The van der Waals surface area contributed by atoms with Gasteiger partial charge in [-0.05, 0) is 30.4 Å². The van der Waals surface area contributed by atoms with Crippen LogP contribution in [0.3, 0.4) is 0 Å². The number of hydrogen-bond donors (Lipinski definition) is 1. The zero-order valence-corrected chi connectivity index (χ0v) is 12.5. The molecule has 1 N–H and O–H groups in total. The molecule has 0 bridgehead atoms. The molecule has 1 fully saturated rings. The summed E-state index contributed by atoms with van der Waals surface area (Å²) < 4.78 is 0. The Morgan fingerprint density at radius 3 is 2.26 bits per heavy atom. The van der Waals surface area contributed by atoms with E-state index in [1.807, 2.05) is 0 Å². The quantitative estimate of drug-likeness (QED) is 0.890. The largest absolute Gasteiger partial charge is 0.396 e. The average Bonchev–Trinajstić information content (AvgIpc) is 2.39. The SMILES string of the molecule is CC1(CO)CCN(c2ccc(C(C)(C)C)nn2)CC1. The van der Waals surface area contributed by atoms with E-state index in [-0.39, 0.29) is 17.4 Å². The molecular formula is C15H25N3O. The monoisotopic (exact) mass is 263 g/mol. The average molecular weight is 263 g/mol. The summed E-state index contributed by atoms with van der Waals surface area (Å²) in [6, 6.07) is 4.14. The van der Waals surface area contributed by atoms with E-state index in [2.05, 4.69) is 54.9 Å². The van der Waals surface area contributed by atoms with Crippen molar-refractivity contribution in [3.63, 3.8) is 0 Å². The van der Waals surface area contributed by atoms with Gasteiger partial charge in [-0.15, -0.1) is 5.10 Å². The molecule has 0 aromatic carbocycles. The molecule has 1 saturated heterocycles. The highest BCUT2D eigenvalue weighted by Gasteiger charge is 2.30. The Bertz CT molecular complexity index is 414. The third-order valence-electron chi connectivity index (χ3n) is 4.10. The molecule has 2 rings (SSSR count). The molecule has 0 spiro atoms. The first kappa shape index (κ1) is 14.3. The number of rotatable bonds is 2. The summed E-state index contributed by atoms with van der Waals surface area (Å²) in [6.45, 7) is 10.7. The van der Waals surface area contributed by atoms with Gasteiger partial charge in [0.25, 0.3) is 0 Å². The van der Waals surface area contributed by atoms with Crippen LogP contribution in [0.5, 0.6) is 0 Å². The first-order valence-corrected chi connectivity index (χ1v) is 7.04. The van der Waals surface area contributed by atoms with Crippen molar-refractivity contribution >= 4 is 5.82 Å². The minimum absolute atomic E-state index is 0.0445. The Morgan fingerprint density at radius 1 is 1.21 bits per heavy atom. The molecule has 1 aromatic rings. The third-order valence-corrected chi connectivity index (χ3v) is 4.10. The van der Waals surface area contributed by atoms with E-state index in [0.717, 1.165) is 37.4 Å². The molecule has 2 heterocycles. The van der Waals surface area contributed by atoms with Crippen molar-refractivity contribution in [2.45, 2.75) is 46.0 Å². The number of aliphatic hydroxyl groups is 1. The van der Waals surface area contributed by atoms with E-state index in [1.165, 1.54) is 0 Å².